The van der Waals surface area contributed by atoms with E-state index in [0.29, 0.717) is 5.92 Å². The highest BCUT2D eigenvalue weighted by molar-refractivity contribution is 5.82. The maximum atomic E-state index is 11.9. The van der Waals surface area contributed by atoms with Crippen molar-refractivity contribution in [2.45, 2.75) is 39.7 Å². The minimum absolute atomic E-state index is 0.111. The van der Waals surface area contributed by atoms with Gasteiger partial charge >= 0.3 is 12.0 Å². The first-order valence-electron chi connectivity index (χ1n) is 6.20. The Labute approximate surface area is 102 Å². The van der Waals surface area contributed by atoms with Crippen molar-refractivity contribution in [2.75, 3.05) is 13.1 Å². The van der Waals surface area contributed by atoms with E-state index in [4.69, 9.17) is 5.11 Å². The van der Waals surface area contributed by atoms with Crippen LogP contribution in [0, 0.1) is 11.8 Å². The number of urea groups is 1. The molecule has 2 amide bonds. The largest absolute Gasteiger partial charge is 0.480 e. The van der Waals surface area contributed by atoms with Crippen LogP contribution in [0.25, 0.3) is 0 Å². The lowest BCUT2D eigenvalue weighted by Gasteiger charge is -2.31. The van der Waals surface area contributed by atoms with Gasteiger partial charge in [-0.25, -0.2) is 9.59 Å². The summed E-state index contributed by atoms with van der Waals surface area (Å²) in [6.45, 7) is 7.19. The number of likely N-dealkylation sites (tertiary alicyclic amines) is 1. The fraction of sp³-hybridized carbons (Fsp3) is 0.833. The van der Waals surface area contributed by atoms with E-state index in [0.717, 1.165) is 25.9 Å². The molecule has 0 bridgehead atoms. The SMILES string of the molecule is CC1CCN(C(=O)N[C@H](C(=O)O)C(C)C)CC1. The molecule has 0 radical (unpaired) electrons. The van der Waals surface area contributed by atoms with Crippen LogP contribution in [0.4, 0.5) is 4.79 Å². The molecular weight excluding hydrogens is 220 g/mol. The zero-order valence-electron chi connectivity index (χ0n) is 10.8. The lowest BCUT2D eigenvalue weighted by molar-refractivity contribution is -0.140. The number of rotatable bonds is 3. The molecule has 1 atom stereocenters. The molecule has 2 N–H and O–H groups in total. The van der Waals surface area contributed by atoms with Crippen molar-refractivity contribution in [2.24, 2.45) is 11.8 Å². The molecule has 1 fully saturated rings. The molecule has 0 spiro atoms. The number of amides is 2. The molecule has 0 aromatic heterocycles. The number of hydrogen-bond acceptors (Lipinski definition) is 2. The third-order valence-corrected chi connectivity index (χ3v) is 3.28. The Balaban J connectivity index is 2.50. The maximum Gasteiger partial charge on any atom is 0.326 e. The van der Waals surface area contributed by atoms with Gasteiger partial charge in [0, 0.05) is 13.1 Å². The summed E-state index contributed by atoms with van der Waals surface area (Å²) < 4.78 is 0. The molecule has 1 aliphatic rings. The Hall–Kier alpha value is -1.26. The molecule has 0 aromatic carbocycles. The van der Waals surface area contributed by atoms with Crippen LogP contribution in [-0.2, 0) is 4.79 Å². The molecule has 1 rings (SSSR count). The molecule has 1 aliphatic heterocycles. The second-order valence-electron chi connectivity index (χ2n) is 5.18. The normalized spacial score (nSPS) is 19.2. The number of carbonyl (C=O) groups is 2. The van der Waals surface area contributed by atoms with E-state index in [1.165, 1.54) is 0 Å². The summed E-state index contributed by atoms with van der Waals surface area (Å²) in [4.78, 5) is 24.6. The molecule has 0 saturated carbocycles. The van der Waals surface area contributed by atoms with Crippen LogP contribution < -0.4 is 5.32 Å². The molecule has 1 saturated heterocycles. The third-order valence-electron chi connectivity index (χ3n) is 3.28. The number of hydrogen-bond donors (Lipinski definition) is 2. The second kappa shape index (κ2) is 5.89. The van der Waals surface area contributed by atoms with Gasteiger partial charge in [-0.3, -0.25) is 0 Å². The van der Waals surface area contributed by atoms with Crippen LogP contribution in [0.1, 0.15) is 33.6 Å². The lowest BCUT2D eigenvalue weighted by Crippen LogP contribution is -2.51. The minimum atomic E-state index is -0.973. The van der Waals surface area contributed by atoms with Gasteiger partial charge in [-0.05, 0) is 24.7 Å². The summed E-state index contributed by atoms with van der Waals surface area (Å²) in [7, 11) is 0. The third kappa shape index (κ3) is 3.91. The maximum absolute atomic E-state index is 11.9. The van der Waals surface area contributed by atoms with Gasteiger partial charge in [0.2, 0.25) is 0 Å². The van der Waals surface area contributed by atoms with E-state index < -0.39 is 12.0 Å². The van der Waals surface area contributed by atoms with Crippen molar-refractivity contribution in [3.63, 3.8) is 0 Å². The summed E-state index contributed by atoms with van der Waals surface area (Å²) in [6, 6.07) is -1.06. The van der Waals surface area contributed by atoms with Gasteiger partial charge in [-0.15, -0.1) is 0 Å². The summed E-state index contributed by atoms with van der Waals surface area (Å²) in [5, 5.41) is 11.6. The summed E-state index contributed by atoms with van der Waals surface area (Å²) in [5.41, 5.74) is 0. The molecular formula is C12H22N2O3. The Bertz CT molecular complexity index is 283. The summed E-state index contributed by atoms with van der Waals surface area (Å²) in [5.74, 6) is -0.432. The van der Waals surface area contributed by atoms with Crippen LogP contribution in [0.3, 0.4) is 0 Å². The zero-order chi connectivity index (χ0) is 13.0. The van der Waals surface area contributed by atoms with Crippen molar-refractivity contribution in [1.29, 1.82) is 0 Å². The number of nitrogens with one attached hydrogen (secondary N) is 1. The quantitative estimate of drug-likeness (QED) is 0.788. The van der Waals surface area contributed by atoms with E-state index in [2.05, 4.69) is 12.2 Å². The summed E-state index contributed by atoms with van der Waals surface area (Å²) >= 11 is 0. The second-order valence-corrected chi connectivity index (χ2v) is 5.18. The number of carboxylic acids is 1. The zero-order valence-corrected chi connectivity index (χ0v) is 10.8. The first-order valence-corrected chi connectivity index (χ1v) is 6.20. The average molecular weight is 242 g/mol. The molecule has 0 aliphatic carbocycles. The molecule has 5 heteroatoms. The molecule has 17 heavy (non-hydrogen) atoms. The van der Waals surface area contributed by atoms with Crippen molar-refractivity contribution in [1.82, 2.24) is 10.2 Å². The van der Waals surface area contributed by atoms with Crippen molar-refractivity contribution in [3.8, 4) is 0 Å². The Morgan fingerprint density at radius 2 is 1.82 bits per heavy atom. The van der Waals surface area contributed by atoms with Crippen LogP contribution in [-0.4, -0.2) is 41.1 Å². The van der Waals surface area contributed by atoms with Gasteiger partial charge in [0.1, 0.15) is 6.04 Å². The van der Waals surface area contributed by atoms with Crippen molar-refractivity contribution >= 4 is 12.0 Å². The standard InChI is InChI=1S/C12H22N2O3/c1-8(2)10(11(15)16)13-12(17)14-6-4-9(3)5-7-14/h8-10H,4-7H2,1-3H3,(H,13,17)(H,15,16)/t10-/m0/s1. The van der Waals surface area contributed by atoms with E-state index in [-0.39, 0.29) is 11.9 Å². The molecule has 0 unspecified atom stereocenters. The Kier molecular flexibility index (Phi) is 4.78. The van der Waals surface area contributed by atoms with E-state index >= 15 is 0 Å². The fourth-order valence-corrected chi connectivity index (χ4v) is 1.95. The summed E-state index contributed by atoms with van der Waals surface area (Å²) in [6.07, 6.45) is 1.99. The number of nitrogens with zero attached hydrogens (tertiary/aromatic N) is 1. The van der Waals surface area contributed by atoms with Gasteiger partial charge in [0.25, 0.3) is 0 Å². The van der Waals surface area contributed by atoms with Crippen LogP contribution in [0.2, 0.25) is 0 Å². The van der Waals surface area contributed by atoms with Crippen LogP contribution in [0.5, 0.6) is 0 Å². The van der Waals surface area contributed by atoms with E-state index in [1.54, 1.807) is 18.7 Å². The Morgan fingerprint density at radius 3 is 2.24 bits per heavy atom. The lowest BCUT2D eigenvalue weighted by atomic mass is 9.99. The van der Waals surface area contributed by atoms with Gasteiger partial charge < -0.3 is 15.3 Å². The van der Waals surface area contributed by atoms with Crippen molar-refractivity contribution < 1.29 is 14.7 Å². The van der Waals surface area contributed by atoms with Gasteiger partial charge in [-0.1, -0.05) is 20.8 Å². The number of carbonyl (C=O) groups excluding carboxylic acids is 1. The predicted octanol–water partition coefficient (Wildman–Crippen LogP) is 1.54. The highest BCUT2D eigenvalue weighted by atomic mass is 16.4. The minimum Gasteiger partial charge on any atom is -0.480 e. The number of aliphatic carboxylic acids is 1. The molecule has 0 aromatic rings. The molecule has 98 valence electrons. The molecule has 5 nitrogen and oxygen atoms in total. The monoisotopic (exact) mass is 242 g/mol. The van der Waals surface area contributed by atoms with E-state index in [9.17, 15) is 9.59 Å². The predicted molar refractivity (Wildman–Crippen MR) is 64.8 cm³/mol. The fourth-order valence-electron chi connectivity index (χ4n) is 1.95. The first kappa shape index (κ1) is 13.8. The van der Waals surface area contributed by atoms with E-state index in [1.807, 2.05) is 0 Å². The first-order chi connectivity index (χ1) is 7.91. The number of piperidine rings is 1. The topological polar surface area (TPSA) is 69.6 Å². The van der Waals surface area contributed by atoms with Gasteiger partial charge in [-0.2, -0.15) is 0 Å². The highest BCUT2D eigenvalue weighted by Gasteiger charge is 2.27. The highest BCUT2D eigenvalue weighted by Crippen LogP contribution is 2.16. The number of carboxylic acid groups (broad SMARTS) is 1. The van der Waals surface area contributed by atoms with Crippen LogP contribution >= 0.6 is 0 Å². The van der Waals surface area contributed by atoms with Gasteiger partial charge in [0.15, 0.2) is 0 Å². The van der Waals surface area contributed by atoms with Gasteiger partial charge in [0.05, 0.1) is 0 Å². The van der Waals surface area contributed by atoms with Crippen molar-refractivity contribution in [3.05, 3.63) is 0 Å². The Morgan fingerprint density at radius 1 is 1.29 bits per heavy atom. The van der Waals surface area contributed by atoms with Crippen LogP contribution in [0.15, 0.2) is 0 Å². The molecule has 1 heterocycles. The average Bonchev–Trinajstić information content (AvgIpc) is 2.25. The smallest absolute Gasteiger partial charge is 0.326 e.